The average Bonchev–Trinajstić information content (AvgIpc) is 4.01. The highest BCUT2D eigenvalue weighted by Crippen LogP contribution is 2.49. The van der Waals surface area contributed by atoms with Gasteiger partial charge in [0.2, 0.25) is 0 Å². The second-order valence-electron chi connectivity index (χ2n) is 14.4. The first-order valence-corrected chi connectivity index (χ1v) is 18.6. The minimum Gasteiger partial charge on any atom is -0.454 e. The Balaban J connectivity index is 0.992. The Morgan fingerprint density at radius 2 is 1.31 bits per heavy atom. The van der Waals surface area contributed by atoms with E-state index in [1.54, 1.807) is 0 Å². The van der Waals surface area contributed by atoms with Crippen molar-refractivity contribution in [3.8, 4) is 39.5 Å². The summed E-state index contributed by atoms with van der Waals surface area (Å²) in [6.07, 6.45) is 5.38. The number of rotatable bonds is 4. The number of benzene rings is 7. The van der Waals surface area contributed by atoms with Gasteiger partial charge in [-0.1, -0.05) is 121 Å². The van der Waals surface area contributed by atoms with Crippen LogP contribution in [0, 0.1) is 0 Å². The highest BCUT2D eigenvalue weighted by molar-refractivity contribution is 6.16. The lowest BCUT2D eigenvalue weighted by Crippen LogP contribution is -2.00. The molecular weight excluding hydrogens is 659 g/mol. The quantitative estimate of drug-likeness (QED) is 0.185. The second kappa shape index (κ2) is 11.2. The number of furan rings is 1. The summed E-state index contributed by atoms with van der Waals surface area (Å²) in [5, 5.41) is 4.53. The summed E-state index contributed by atoms with van der Waals surface area (Å²) in [6.45, 7) is 0. The molecule has 3 heterocycles. The van der Waals surface area contributed by atoms with E-state index in [-0.39, 0.29) is 5.92 Å². The van der Waals surface area contributed by atoms with Crippen LogP contribution in [-0.2, 0) is 6.42 Å². The number of hydrogen-bond donors (Lipinski definition) is 0. The van der Waals surface area contributed by atoms with Crippen molar-refractivity contribution in [1.29, 1.82) is 0 Å². The third-order valence-corrected chi connectivity index (χ3v) is 11.5. The SMILES string of the molecule is C1=Cc2c(n(-c3ccc(-c4nc(-c5ccc6c(c5)-c5ccccc5C6c5ccccc5)c5ccccc5n4)cc3)c3c2ccc2c4ccccc4oc23)C1. The number of nitrogens with zero attached hydrogens (tertiary/aromatic N) is 3. The predicted octanol–water partition coefficient (Wildman–Crippen LogP) is 12.5. The molecule has 0 saturated carbocycles. The molecule has 0 spiro atoms. The first-order chi connectivity index (χ1) is 26.8. The lowest BCUT2D eigenvalue weighted by atomic mass is 9.89. The van der Waals surface area contributed by atoms with Crippen LogP contribution < -0.4 is 0 Å². The van der Waals surface area contributed by atoms with E-state index in [1.807, 2.05) is 6.07 Å². The Labute approximate surface area is 311 Å². The number of para-hydroxylation sites is 2. The normalized spacial score (nSPS) is 14.3. The summed E-state index contributed by atoms with van der Waals surface area (Å²) in [5.74, 6) is 0.919. The van der Waals surface area contributed by atoms with Crippen LogP contribution in [0.5, 0.6) is 0 Å². The highest BCUT2D eigenvalue weighted by atomic mass is 16.3. The number of hydrogen-bond acceptors (Lipinski definition) is 3. The maximum Gasteiger partial charge on any atom is 0.160 e. The van der Waals surface area contributed by atoms with Crippen molar-refractivity contribution in [1.82, 2.24) is 14.5 Å². The maximum atomic E-state index is 6.56. The van der Waals surface area contributed by atoms with E-state index in [1.165, 1.54) is 44.5 Å². The summed E-state index contributed by atoms with van der Waals surface area (Å²) in [5.41, 5.74) is 17.1. The van der Waals surface area contributed by atoms with Crippen LogP contribution in [0.4, 0.5) is 0 Å². The molecule has 3 aromatic heterocycles. The van der Waals surface area contributed by atoms with Gasteiger partial charge in [0, 0.05) is 62.0 Å². The molecule has 7 aromatic carbocycles. The number of allylic oxidation sites excluding steroid dienone is 1. The first kappa shape index (κ1) is 29.5. The summed E-state index contributed by atoms with van der Waals surface area (Å²) >= 11 is 0. The van der Waals surface area contributed by atoms with E-state index in [4.69, 9.17) is 14.4 Å². The molecule has 10 aromatic rings. The van der Waals surface area contributed by atoms with Crippen molar-refractivity contribution < 1.29 is 4.42 Å². The van der Waals surface area contributed by atoms with E-state index >= 15 is 0 Å². The maximum absolute atomic E-state index is 6.56. The van der Waals surface area contributed by atoms with Crippen LogP contribution in [0.3, 0.4) is 0 Å². The highest BCUT2D eigenvalue weighted by Gasteiger charge is 2.30. The third kappa shape index (κ3) is 4.19. The molecule has 0 fully saturated rings. The molecule has 0 N–H and O–H groups in total. The Hall–Kier alpha value is -7.04. The van der Waals surface area contributed by atoms with Crippen LogP contribution in [-0.4, -0.2) is 14.5 Å². The van der Waals surface area contributed by atoms with Crippen molar-refractivity contribution in [2.75, 3.05) is 0 Å². The zero-order valence-corrected chi connectivity index (χ0v) is 29.2. The standard InChI is InChI=1S/C50H31N3O/c1-2-11-30(12-3-1)46-37-15-5-4-13-34(37)42-29-32(23-26-38(42)46)47-41-16-6-8-18-43(41)51-50(52-47)31-21-24-33(25-22-31)53-44-19-10-17-35(44)39-27-28-40-36-14-7-9-20-45(36)54-49(40)48(39)53/h1-18,20-29,46H,19H2. The molecule has 4 heteroatoms. The fraction of sp³-hybridized carbons (Fsp3) is 0.0400. The Morgan fingerprint density at radius 3 is 2.22 bits per heavy atom. The molecule has 2 aliphatic rings. The fourth-order valence-corrected chi connectivity index (χ4v) is 9.13. The zero-order valence-electron chi connectivity index (χ0n) is 29.2. The smallest absolute Gasteiger partial charge is 0.160 e. The van der Waals surface area contributed by atoms with Crippen LogP contribution in [0.25, 0.3) is 89.3 Å². The number of fused-ring (bicyclic) bond motifs is 11. The molecule has 0 bridgehead atoms. The molecule has 2 aliphatic carbocycles. The Kier molecular flexibility index (Phi) is 6.14. The van der Waals surface area contributed by atoms with Gasteiger partial charge in [0.25, 0.3) is 0 Å². The largest absolute Gasteiger partial charge is 0.454 e. The molecule has 54 heavy (non-hydrogen) atoms. The van der Waals surface area contributed by atoms with Gasteiger partial charge in [-0.05, 0) is 76.3 Å². The molecule has 12 rings (SSSR count). The molecular formula is C50H31N3O. The van der Waals surface area contributed by atoms with Gasteiger partial charge in [-0.15, -0.1) is 0 Å². The van der Waals surface area contributed by atoms with E-state index in [2.05, 4.69) is 168 Å². The van der Waals surface area contributed by atoms with Crippen molar-refractivity contribution in [2.45, 2.75) is 12.3 Å². The van der Waals surface area contributed by atoms with Crippen LogP contribution in [0.2, 0.25) is 0 Å². The van der Waals surface area contributed by atoms with Crippen molar-refractivity contribution >= 4 is 49.8 Å². The minimum atomic E-state index is 0.208. The van der Waals surface area contributed by atoms with Gasteiger partial charge in [-0.3, -0.25) is 0 Å². The monoisotopic (exact) mass is 689 g/mol. The molecule has 0 saturated heterocycles. The molecule has 0 amide bonds. The number of aromatic nitrogens is 3. The average molecular weight is 690 g/mol. The van der Waals surface area contributed by atoms with E-state index < -0.39 is 0 Å². The lowest BCUT2D eigenvalue weighted by molar-refractivity contribution is 0.670. The molecule has 1 unspecified atom stereocenters. The summed E-state index contributed by atoms with van der Waals surface area (Å²) < 4.78 is 8.95. The second-order valence-corrected chi connectivity index (χ2v) is 14.4. The molecule has 0 radical (unpaired) electrons. The van der Waals surface area contributed by atoms with Gasteiger partial charge in [0.15, 0.2) is 11.4 Å². The van der Waals surface area contributed by atoms with E-state index in [0.717, 1.165) is 67.3 Å². The fourth-order valence-electron chi connectivity index (χ4n) is 9.13. The van der Waals surface area contributed by atoms with Gasteiger partial charge in [-0.25, -0.2) is 9.97 Å². The Bertz CT molecular complexity index is 3180. The van der Waals surface area contributed by atoms with Gasteiger partial charge in [0.05, 0.1) is 16.7 Å². The van der Waals surface area contributed by atoms with Gasteiger partial charge >= 0.3 is 0 Å². The van der Waals surface area contributed by atoms with E-state index in [0.29, 0.717) is 5.82 Å². The molecule has 4 nitrogen and oxygen atoms in total. The van der Waals surface area contributed by atoms with Gasteiger partial charge in [-0.2, -0.15) is 0 Å². The first-order valence-electron chi connectivity index (χ1n) is 18.6. The summed E-state index contributed by atoms with van der Waals surface area (Å²) in [4.78, 5) is 10.4. The van der Waals surface area contributed by atoms with Crippen LogP contribution >= 0.6 is 0 Å². The minimum absolute atomic E-state index is 0.208. The van der Waals surface area contributed by atoms with Crippen molar-refractivity contribution in [3.05, 3.63) is 192 Å². The molecule has 0 aliphatic heterocycles. The van der Waals surface area contributed by atoms with Crippen molar-refractivity contribution in [3.63, 3.8) is 0 Å². The zero-order chi connectivity index (χ0) is 35.3. The predicted molar refractivity (Wildman–Crippen MR) is 220 cm³/mol. The van der Waals surface area contributed by atoms with Gasteiger partial charge in [0.1, 0.15) is 5.58 Å². The van der Waals surface area contributed by atoms with E-state index in [9.17, 15) is 0 Å². The summed E-state index contributed by atoms with van der Waals surface area (Å²) in [7, 11) is 0. The van der Waals surface area contributed by atoms with Crippen LogP contribution in [0.1, 0.15) is 33.9 Å². The van der Waals surface area contributed by atoms with Crippen LogP contribution in [0.15, 0.2) is 168 Å². The van der Waals surface area contributed by atoms with Gasteiger partial charge < -0.3 is 8.98 Å². The summed E-state index contributed by atoms with van der Waals surface area (Å²) in [6, 6.07) is 56.4. The molecule has 252 valence electrons. The third-order valence-electron chi connectivity index (χ3n) is 11.5. The van der Waals surface area contributed by atoms with Crippen molar-refractivity contribution in [2.24, 2.45) is 0 Å². The Morgan fingerprint density at radius 1 is 0.574 bits per heavy atom. The topological polar surface area (TPSA) is 43.9 Å². The lowest BCUT2D eigenvalue weighted by Gasteiger charge is -2.15. The molecule has 1 atom stereocenters.